The first-order chi connectivity index (χ1) is 12.9. The summed E-state index contributed by atoms with van der Waals surface area (Å²) in [6.07, 6.45) is 0.900. The Labute approximate surface area is 155 Å². The van der Waals surface area contributed by atoms with Gasteiger partial charge in [0.15, 0.2) is 6.61 Å². The second-order valence-corrected chi connectivity index (χ2v) is 6.26. The lowest BCUT2D eigenvalue weighted by Gasteiger charge is -2.27. The van der Waals surface area contributed by atoms with Crippen LogP contribution in [0.4, 0.5) is 0 Å². The van der Waals surface area contributed by atoms with Crippen molar-refractivity contribution in [2.24, 2.45) is 0 Å². The second kappa shape index (κ2) is 7.56. The van der Waals surface area contributed by atoms with Crippen molar-refractivity contribution in [3.05, 3.63) is 29.3 Å². The molecule has 142 valence electrons. The van der Waals surface area contributed by atoms with Crippen molar-refractivity contribution in [1.29, 1.82) is 0 Å². The number of benzene rings is 1. The number of carbonyl (C=O) groups excluding carboxylic acids is 5. The van der Waals surface area contributed by atoms with Crippen LogP contribution in [0.15, 0.2) is 18.2 Å². The van der Waals surface area contributed by atoms with E-state index in [0.717, 1.165) is 11.3 Å². The molecule has 2 heterocycles. The number of carbonyl (C=O) groups is 5. The van der Waals surface area contributed by atoms with Gasteiger partial charge in [0.05, 0.1) is 11.1 Å². The number of nitrogens with one attached hydrogen (secondary N) is 2. The third-order valence-corrected chi connectivity index (χ3v) is 4.36. The van der Waals surface area contributed by atoms with Crippen molar-refractivity contribution in [2.75, 3.05) is 13.2 Å². The van der Waals surface area contributed by atoms with Gasteiger partial charge >= 0.3 is 0 Å². The molecule has 0 radical (unpaired) electrons. The Morgan fingerprint density at radius 3 is 2.74 bits per heavy atom. The third-order valence-electron chi connectivity index (χ3n) is 4.36. The molecule has 5 amide bonds. The van der Waals surface area contributed by atoms with E-state index in [9.17, 15) is 24.0 Å². The monoisotopic (exact) mass is 373 g/mol. The molecule has 0 spiro atoms. The van der Waals surface area contributed by atoms with E-state index in [1.54, 1.807) is 0 Å². The third kappa shape index (κ3) is 3.53. The van der Waals surface area contributed by atoms with Gasteiger partial charge in [-0.1, -0.05) is 13.0 Å². The average Bonchev–Trinajstić information content (AvgIpc) is 2.90. The van der Waals surface area contributed by atoms with Crippen LogP contribution >= 0.6 is 0 Å². The summed E-state index contributed by atoms with van der Waals surface area (Å²) in [5.74, 6) is -2.64. The summed E-state index contributed by atoms with van der Waals surface area (Å²) in [5.41, 5.74) is 0.131. The average molecular weight is 373 g/mol. The smallest absolute Gasteiger partial charge is 0.266 e. The summed E-state index contributed by atoms with van der Waals surface area (Å²) in [5, 5.41) is 4.79. The van der Waals surface area contributed by atoms with Gasteiger partial charge in [0.1, 0.15) is 11.8 Å². The van der Waals surface area contributed by atoms with Crippen molar-refractivity contribution in [2.45, 2.75) is 32.2 Å². The molecule has 0 aromatic heterocycles. The Kier molecular flexibility index (Phi) is 5.20. The number of piperidine rings is 1. The molecule has 27 heavy (non-hydrogen) atoms. The fourth-order valence-electron chi connectivity index (χ4n) is 3.06. The number of amides is 5. The van der Waals surface area contributed by atoms with Gasteiger partial charge < -0.3 is 10.1 Å². The van der Waals surface area contributed by atoms with Crippen molar-refractivity contribution >= 4 is 29.5 Å². The van der Waals surface area contributed by atoms with Crippen molar-refractivity contribution in [1.82, 2.24) is 15.5 Å². The topological polar surface area (TPSA) is 122 Å². The molecule has 0 bridgehead atoms. The van der Waals surface area contributed by atoms with Gasteiger partial charge in [0.25, 0.3) is 17.7 Å². The number of ether oxygens (including phenoxy) is 1. The molecular weight excluding hydrogens is 354 g/mol. The van der Waals surface area contributed by atoms with E-state index < -0.39 is 29.7 Å². The Bertz CT molecular complexity index is 834. The number of imide groups is 2. The lowest BCUT2D eigenvalue weighted by molar-refractivity contribution is -0.136. The molecule has 1 aromatic rings. The molecule has 0 aliphatic carbocycles. The van der Waals surface area contributed by atoms with Crippen LogP contribution < -0.4 is 15.4 Å². The molecule has 0 saturated carbocycles. The minimum atomic E-state index is -1.05. The number of hydrogen-bond donors (Lipinski definition) is 2. The fourth-order valence-corrected chi connectivity index (χ4v) is 3.06. The summed E-state index contributed by atoms with van der Waals surface area (Å²) in [6.45, 7) is 2.13. The van der Waals surface area contributed by atoms with Crippen LogP contribution in [0.2, 0.25) is 0 Å². The first kappa shape index (κ1) is 18.6. The summed E-state index contributed by atoms with van der Waals surface area (Å²) in [7, 11) is 0. The predicted octanol–water partition coefficient (Wildman–Crippen LogP) is -0.00720. The molecule has 9 heteroatoms. The summed E-state index contributed by atoms with van der Waals surface area (Å²) < 4.78 is 5.44. The Balaban J connectivity index is 1.81. The molecule has 2 aliphatic heterocycles. The maximum absolute atomic E-state index is 12.8. The van der Waals surface area contributed by atoms with Gasteiger partial charge in [-0.15, -0.1) is 0 Å². The van der Waals surface area contributed by atoms with Gasteiger partial charge in [-0.2, -0.15) is 0 Å². The molecular formula is C18H19N3O6. The van der Waals surface area contributed by atoms with Crippen LogP contribution in [0.25, 0.3) is 0 Å². The molecule has 1 atom stereocenters. The number of fused-ring (bicyclic) bond motifs is 1. The molecule has 1 aromatic carbocycles. The van der Waals surface area contributed by atoms with Crippen LogP contribution in [0, 0.1) is 0 Å². The van der Waals surface area contributed by atoms with Crippen LogP contribution in [-0.4, -0.2) is 53.6 Å². The van der Waals surface area contributed by atoms with Gasteiger partial charge in [0, 0.05) is 13.0 Å². The maximum atomic E-state index is 12.8. The van der Waals surface area contributed by atoms with Crippen LogP contribution in [0.1, 0.15) is 46.9 Å². The van der Waals surface area contributed by atoms with Crippen LogP contribution in [0.5, 0.6) is 5.75 Å². The first-order valence-electron chi connectivity index (χ1n) is 8.68. The molecule has 1 fully saturated rings. The highest BCUT2D eigenvalue weighted by molar-refractivity contribution is 6.24. The Hall–Kier alpha value is -3.23. The largest absolute Gasteiger partial charge is 0.483 e. The van der Waals surface area contributed by atoms with Gasteiger partial charge in [0.2, 0.25) is 11.8 Å². The van der Waals surface area contributed by atoms with E-state index >= 15 is 0 Å². The highest BCUT2D eigenvalue weighted by atomic mass is 16.5. The number of hydrogen-bond acceptors (Lipinski definition) is 6. The maximum Gasteiger partial charge on any atom is 0.266 e. The zero-order chi connectivity index (χ0) is 19.6. The number of nitrogens with zero attached hydrogens (tertiary/aromatic N) is 1. The molecule has 3 rings (SSSR count). The van der Waals surface area contributed by atoms with Crippen molar-refractivity contribution in [3.8, 4) is 5.75 Å². The van der Waals surface area contributed by atoms with Crippen LogP contribution in [0.3, 0.4) is 0 Å². The van der Waals surface area contributed by atoms with E-state index in [1.807, 2.05) is 6.92 Å². The van der Waals surface area contributed by atoms with Gasteiger partial charge in [-0.05, 0) is 25.0 Å². The van der Waals surface area contributed by atoms with Crippen LogP contribution in [-0.2, 0) is 14.4 Å². The predicted molar refractivity (Wildman–Crippen MR) is 91.9 cm³/mol. The molecule has 1 unspecified atom stereocenters. The SMILES string of the molecule is CCCNC(=O)COc1cccc2c1C(=O)N(C1CCC(=O)NC1=O)C2=O. The molecule has 9 nitrogen and oxygen atoms in total. The molecule has 2 N–H and O–H groups in total. The van der Waals surface area contributed by atoms with Gasteiger partial charge in [-0.25, -0.2) is 0 Å². The Morgan fingerprint density at radius 2 is 2.04 bits per heavy atom. The quantitative estimate of drug-likeness (QED) is 0.677. The van der Waals surface area contributed by atoms with Crippen molar-refractivity contribution < 1.29 is 28.7 Å². The molecule has 1 saturated heterocycles. The van der Waals surface area contributed by atoms with E-state index in [1.165, 1.54) is 18.2 Å². The highest BCUT2D eigenvalue weighted by Gasteiger charge is 2.46. The van der Waals surface area contributed by atoms with E-state index in [-0.39, 0.29) is 42.2 Å². The number of rotatable bonds is 6. The van der Waals surface area contributed by atoms with E-state index in [4.69, 9.17) is 4.74 Å². The summed E-state index contributed by atoms with van der Waals surface area (Å²) in [6, 6.07) is 3.45. The van der Waals surface area contributed by atoms with E-state index in [0.29, 0.717) is 6.54 Å². The molecule has 2 aliphatic rings. The summed E-state index contributed by atoms with van der Waals surface area (Å²) >= 11 is 0. The lowest BCUT2D eigenvalue weighted by Crippen LogP contribution is -2.54. The van der Waals surface area contributed by atoms with Crippen molar-refractivity contribution in [3.63, 3.8) is 0 Å². The summed E-state index contributed by atoms with van der Waals surface area (Å²) in [4.78, 5) is 61.5. The fraction of sp³-hybridized carbons (Fsp3) is 0.389. The normalized spacial score (nSPS) is 19.0. The Morgan fingerprint density at radius 1 is 1.26 bits per heavy atom. The standard InChI is InChI=1S/C18H19N3O6/c1-2-8-19-14(23)9-27-12-5-3-4-10-15(12)18(26)21(17(10)25)11-6-7-13(22)20-16(11)24/h3-5,11H,2,6-9H2,1H3,(H,19,23)(H,20,22,24). The lowest BCUT2D eigenvalue weighted by atomic mass is 10.0. The zero-order valence-electron chi connectivity index (χ0n) is 14.7. The highest BCUT2D eigenvalue weighted by Crippen LogP contribution is 2.33. The first-order valence-corrected chi connectivity index (χ1v) is 8.68. The second-order valence-electron chi connectivity index (χ2n) is 6.26. The zero-order valence-corrected chi connectivity index (χ0v) is 14.7. The minimum absolute atomic E-state index is 0.0236. The minimum Gasteiger partial charge on any atom is -0.483 e. The van der Waals surface area contributed by atoms with Gasteiger partial charge in [-0.3, -0.25) is 34.2 Å². The van der Waals surface area contributed by atoms with E-state index in [2.05, 4.69) is 10.6 Å².